The first-order valence-corrected chi connectivity index (χ1v) is 8.38. The number of halogens is 1. The zero-order valence-electron chi connectivity index (χ0n) is 13.2. The Hall–Kier alpha value is -2.76. The third-order valence-electron chi connectivity index (χ3n) is 3.33. The van der Waals surface area contributed by atoms with Gasteiger partial charge in [0.05, 0.1) is 5.69 Å². The van der Waals surface area contributed by atoms with Gasteiger partial charge in [-0.05, 0) is 48.6 Å². The molecule has 0 saturated heterocycles. The average Bonchev–Trinajstić information content (AvgIpc) is 2.66. The lowest BCUT2D eigenvalue weighted by molar-refractivity contribution is 1.04. The zero-order chi connectivity index (χ0) is 17.5. The Balaban J connectivity index is 1.79. The molecule has 1 aromatic heterocycles. The molecule has 2 N–H and O–H groups in total. The summed E-state index contributed by atoms with van der Waals surface area (Å²) in [5.41, 5.74) is 6.12. The van der Waals surface area contributed by atoms with Crippen LogP contribution in [0.5, 0.6) is 0 Å². The molecule has 3 aromatic rings. The van der Waals surface area contributed by atoms with Crippen molar-refractivity contribution in [2.75, 3.05) is 5.32 Å². The van der Waals surface area contributed by atoms with Gasteiger partial charge in [-0.25, -0.2) is 0 Å². The van der Waals surface area contributed by atoms with Crippen LogP contribution < -0.4 is 10.7 Å². The Morgan fingerprint density at radius 2 is 1.64 bits per heavy atom. The number of thiocarbonyl (C=S) groups is 1. The van der Waals surface area contributed by atoms with Gasteiger partial charge in [-0.15, -0.1) is 0 Å². The summed E-state index contributed by atoms with van der Waals surface area (Å²) in [6.45, 7) is 0. The Kier molecular flexibility index (Phi) is 5.72. The van der Waals surface area contributed by atoms with Crippen LogP contribution in [0.15, 0.2) is 84.1 Å². The Bertz CT molecular complexity index is 823. The molecule has 0 aliphatic carbocycles. The van der Waals surface area contributed by atoms with Gasteiger partial charge in [0.2, 0.25) is 0 Å². The maximum absolute atomic E-state index is 5.88. The largest absolute Gasteiger partial charge is 0.331 e. The zero-order valence-corrected chi connectivity index (χ0v) is 14.8. The third-order valence-corrected chi connectivity index (χ3v) is 3.77. The van der Waals surface area contributed by atoms with E-state index in [4.69, 9.17) is 23.8 Å². The fourth-order valence-electron chi connectivity index (χ4n) is 2.17. The first-order valence-electron chi connectivity index (χ1n) is 7.59. The summed E-state index contributed by atoms with van der Waals surface area (Å²) in [6.07, 6.45) is 1.73. The lowest BCUT2D eigenvalue weighted by Gasteiger charge is -2.10. The molecular formula is C19H15ClN4S. The normalized spacial score (nSPS) is 11.0. The molecule has 0 amide bonds. The van der Waals surface area contributed by atoms with Crippen LogP contribution >= 0.6 is 23.8 Å². The molecule has 0 bridgehead atoms. The highest BCUT2D eigenvalue weighted by molar-refractivity contribution is 7.80. The van der Waals surface area contributed by atoms with Crippen LogP contribution in [0.3, 0.4) is 0 Å². The van der Waals surface area contributed by atoms with Crippen molar-refractivity contribution < 1.29 is 0 Å². The molecule has 0 aliphatic heterocycles. The van der Waals surface area contributed by atoms with Crippen LogP contribution in [0.4, 0.5) is 5.69 Å². The van der Waals surface area contributed by atoms with E-state index in [1.807, 2.05) is 60.7 Å². The summed E-state index contributed by atoms with van der Waals surface area (Å²) in [5.74, 6) is 0. The van der Waals surface area contributed by atoms with E-state index in [0.29, 0.717) is 15.8 Å². The van der Waals surface area contributed by atoms with E-state index in [-0.39, 0.29) is 0 Å². The van der Waals surface area contributed by atoms with Crippen molar-refractivity contribution in [2.45, 2.75) is 0 Å². The van der Waals surface area contributed by atoms with Gasteiger partial charge in [0, 0.05) is 22.5 Å². The predicted molar refractivity (Wildman–Crippen MR) is 107 cm³/mol. The number of nitrogens with zero attached hydrogens (tertiary/aromatic N) is 2. The molecule has 2 aromatic carbocycles. The first kappa shape index (κ1) is 17.1. The molecule has 3 rings (SSSR count). The molecule has 0 unspecified atom stereocenters. The van der Waals surface area contributed by atoms with Crippen LogP contribution in [0.25, 0.3) is 0 Å². The number of hydrazone groups is 1. The number of rotatable bonds is 4. The van der Waals surface area contributed by atoms with Crippen molar-refractivity contribution in [2.24, 2.45) is 5.10 Å². The standard InChI is InChI=1S/C19H15ClN4S/c20-15-9-11-16(12-10-15)22-19(25)24-23-18(14-6-2-1-3-7-14)17-8-4-5-13-21-17/h1-13H,(H2,22,24,25). The minimum Gasteiger partial charge on any atom is -0.331 e. The highest BCUT2D eigenvalue weighted by Crippen LogP contribution is 2.13. The van der Waals surface area contributed by atoms with Gasteiger partial charge in [0.1, 0.15) is 5.71 Å². The maximum Gasteiger partial charge on any atom is 0.191 e. The monoisotopic (exact) mass is 366 g/mol. The summed E-state index contributed by atoms with van der Waals surface area (Å²) >= 11 is 11.2. The van der Waals surface area contributed by atoms with Gasteiger partial charge in [-0.3, -0.25) is 10.4 Å². The molecule has 124 valence electrons. The predicted octanol–water partition coefficient (Wildman–Crippen LogP) is 4.47. The van der Waals surface area contributed by atoms with Crippen LogP contribution in [-0.4, -0.2) is 15.8 Å². The first-order chi connectivity index (χ1) is 12.2. The Morgan fingerprint density at radius 1 is 0.920 bits per heavy atom. The van der Waals surface area contributed by atoms with Crippen LogP contribution in [0, 0.1) is 0 Å². The van der Waals surface area contributed by atoms with Crippen LogP contribution in [-0.2, 0) is 0 Å². The van der Waals surface area contributed by atoms with Crippen molar-refractivity contribution in [3.8, 4) is 0 Å². The highest BCUT2D eigenvalue weighted by Gasteiger charge is 2.08. The second-order valence-corrected chi connectivity index (χ2v) is 5.96. The minimum atomic E-state index is 0.381. The molecule has 4 nitrogen and oxygen atoms in total. The average molecular weight is 367 g/mol. The quantitative estimate of drug-likeness (QED) is 0.406. The highest BCUT2D eigenvalue weighted by atomic mass is 35.5. The number of benzene rings is 2. The number of hydrogen-bond acceptors (Lipinski definition) is 3. The van der Waals surface area contributed by atoms with Gasteiger partial charge >= 0.3 is 0 Å². The van der Waals surface area contributed by atoms with Crippen molar-refractivity contribution >= 4 is 40.3 Å². The van der Waals surface area contributed by atoms with Crippen molar-refractivity contribution in [3.05, 3.63) is 95.3 Å². The second-order valence-electron chi connectivity index (χ2n) is 5.11. The molecule has 25 heavy (non-hydrogen) atoms. The van der Waals surface area contributed by atoms with E-state index in [9.17, 15) is 0 Å². The van der Waals surface area contributed by atoms with E-state index in [0.717, 1.165) is 16.9 Å². The summed E-state index contributed by atoms with van der Waals surface area (Å²) in [7, 11) is 0. The molecule has 1 heterocycles. The molecule has 0 fully saturated rings. The number of hydrogen-bond donors (Lipinski definition) is 2. The van der Waals surface area contributed by atoms with Crippen molar-refractivity contribution in [1.29, 1.82) is 0 Å². The van der Waals surface area contributed by atoms with Gasteiger partial charge in [-0.1, -0.05) is 48.0 Å². The van der Waals surface area contributed by atoms with Gasteiger partial charge in [-0.2, -0.15) is 5.10 Å². The van der Waals surface area contributed by atoms with E-state index in [1.165, 1.54) is 0 Å². The number of aromatic nitrogens is 1. The lowest BCUT2D eigenvalue weighted by atomic mass is 10.1. The smallest absolute Gasteiger partial charge is 0.191 e. The molecular weight excluding hydrogens is 352 g/mol. The molecule has 0 aliphatic rings. The second kappa shape index (κ2) is 8.37. The fraction of sp³-hybridized carbons (Fsp3) is 0. The Labute approximate surface area is 156 Å². The molecule has 0 spiro atoms. The minimum absolute atomic E-state index is 0.381. The van der Waals surface area contributed by atoms with E-state index >= 15 is 0 Å². The van der Waals surface area contributed by atoms with E-state index in [1.54, 1.807) is 18.3 Å². The van der Waals surface area contributed by atoms with Crippen LogP contribution in [0.1, 0.15) is 11.3 Å². The van der Waals surface area contributed by atoms with Crippen molar-refractivity contribution in [1.82, 2.24) is 10.4 Å². The van der Waals surface area contributed by atoms with Crippen LogP contribution in [0.2, 0.25) is 5.02 Å². The molecule has 0 atom stereocenters. The summed E-state index contributed by atoms with van der Waals surface area (Å²) in [5, 5.41) is 8.57. The maximum atomic E-state index is 5.88. The molecule has 0 radical (unpaired) electrons. The van der Waals surface area contributed by atoms with Gasteiger partial charge in [0.25, 0.3) is 0 Å². The van der Waals surface area contributed by atoms with E-state index in [2.05, 4.69) is 20.8 Å². The summed E-state index contributed by atoms with van der Waals surface area (Å²) < 4.78 is 0. The van der Waals surface area contributed by atoms with E-state index < -0.39 is 0 Å². The number of pyridine rings is 1. The third kappa shape index (κ3) is 4.86. The molecule has 0 saturated carbocycles. The summed E-state index contributed by atoms with van der Waals surface area (Å²) in [6, 6.07) is 22.8. The topological polar surface area (TPSA) is 49.3 Å². The lowest BCUT2D eigenvalue weighted by Crippen LogP contribution is -2.25. The number of nitrogens with one attached hydrogen (secondary N) is 2. The fourth-order valence-corrected chi connectivity index (χ4v) is 2.46. The van der Waals surface area contributed by atoms with Gasteiger partial charge in [0.15, 0.2) is 5.11 Å². The number of anilines is 1. The van der Waals surface area contributed by atoms with Gasteiger partial charge < -0.3 is 5.32 Å². The van der Waals surface area contributed by atoms with Crippen molar-refractivity contribution in [3.63, 3.8) is 0 Å². The SMILES string of the molecule is S=C(NN=C(c1ccccc1)c1ccccn1)Nc1ccc(Cl)cc1. The Morgan fingerprint density at radius 3 is 2.32 bits per heavy atom. The summed E-state index contributed by atoms with van der Waals surface area (Å²) in [4.78, 5) is 4.38. The molecule has 6 heteroatoms.